The summed E-state index contributed by atoms with van der Waals surface area (Å²) in [6.45, 7) is 8.62. The van der Waals surface area contributed by atoms with Gasteiger partial charge < -0.3 is 20.1 Å². The number of aliphatic imine (C=N–C) groups is 1. The molecule has 2 rings (SSSR count). The molecule has 0 aromatic heterocycles. The number of rotatable bonds is 8. The highest BCUT2D eigenvalue weighted by atomic mass is 19.2. The summed E-state index contributed by atoms with van der Waals surface area (Å²) in [6, 6.07) is 3.49. The standard InChI is InChI=1S/C17H26F2N4O2/c1-2-20-17(21-5-7-23-8-11-24-12-9-23)22-6-10-25-14-3-4-15(18)16(19)13-14/h3-4,13H,2,5-12H2,1H3,(H2,20,21,22). The SMILES string of the molecule is CCNC(=NCCN1CCOCC1)NCCOc1ccc(F)c(F)c1. The van der Waals surface area contributed by atoms with Gasteiger partial charge in [-0.2, -0.15) is 0 Å². The molecule has 2 N–H and O–H groups in total. The van der Waals surface area contributed by atoms with Crippen LogP contribution in [0.5, 0.6) is 5.75 Å². The van der Waals surface area contributed by atoms with E-state index in [1.54, 1.807) is 0 Å². The third-order valence-electron chi connectivity index (χ3n) is 3.69. The second-order valence-corrected chi connectivity index (χ2v) is 5.57. The van der Waals surface area contributed by atoms with Gasteiger partial charge >= 0.3 is 0 Å². The van der Waals surface area contributed by atoms with Gasteiger partial charge in [0.2, 0.25) is 0 Å². The molecular formula is C17H26F2N4O2. The molecule has 140 valence electrons. The van der Waals surface area contributed by atoms with Crippen molar-refractivity contribution in [2.24, 2.45) is 4.99 Å². The summed E-state index contributed by atoms with van der Waals surface area (Å²) < 4.78 is 36.7. The highest BCUT2D eigenvalue weighted by Crippen LogP contribution is 2.14. The van der Waals surface area contributed by atoms with Gasteiger partial charge in [-0.3, -0.25) is 9.89 Å². The fraction of sp³-hybridized carbons (Fsp3) is 0.588. The van der Waals surface area contributed by atoms with Crippen LogP contribution in [0.25, 0.3) is 0 Å². The van der Waals surface area contributed by atoms with Gasteiger partial charge in [0.1, 0.15) is 12.4 Å². The lowest BCUT2D eigenvalue weighted by Gasteiger charge is -2.25. The van der Waals surface area contributed by atoms with Crippen LogP contribution in [0.2, 0.25) is 0 Å². The molecule has 1 aromatic rings. The molecule has 0 atom stereocenters. The number of hydrogen-bond acceptors (Lipinski definition) is 4. The average Bonchev–Trinajstić information content (AvgIpc) is 2.62. The van der Waals surface area contributed by atoms with Gasteiger partial charge in [-0.15, -0.1) is 0 Å². The maximum atomic E-state index is 13.1. The van der Waals surface area contributed by atoms with Gasteiger partial charge in [0.25, 0.3) is 0 Å². The van der Waals surface area contributed by atoms with Crippen molar-refractivity contribution in [1.82, 2.24) is 15.5 Å². The normalized spacial score (nSPS) is 15.9. The van der Waals surface area contributed by atoms with Crippen molar-refractivity contribution in [3.05, 3.63) is 29.8 Å². The van der Waals surface area contributed by atoms with E-state index in [0.29, 0.717) is 31.4 Å². The Morgan fingerprint density at radius 2 is 2.04 bits per heavy atom. The minimum atomic E-state index is -0.913. The van der Waals surface area contributed by atoms with Gasteiger partial charge in [-0.25, -0.2) is 8.78 Å². The molecule has 0 bridgehead atoms. The van der Waals surface area contributed by atoms with Crippen LogP contribution in [-0.4, -0.2) is 69.9 Å². The molecule has 0 radical (unpaired) electrons. The highest BCUT2D eigenvalue weighted by Gasteiger charge is 2.09. The smallest absolute Gasteiger partial charge is 0.191 e. The zero-order chi connectivity index (χ0) is 17.9. The van der Waals surface area contributed by atoms with Crippen molar-refractivity contribution in [2.45, 2.75) is 6.92 Å². The Bertz CT molecular complexity index is 551. The maximum Gasteiger partial charge on any atom is 0.191 e. The van der Waals surface area contributed by atoms with E-state index in [2.05, 4.69) is 20.5 Å². The molecule has 1 heterocycles. The van der Waals surface area contributed by atoms with Crippen LogP contribution in [0, 0.1) is 11.6 Å². The van der Waals surface area contributed by atoms with E-state index in [1.807, 2.05) is 6.92 Å². The molecule has 0 unspecified atom stereocenters. The summed E-state index contributed by atoms with van der Waals surface area (Å²) in [5, 5.41) is 6.32. The van der Waals surface area contributed by atoms with Crippen molar-refractivity contribution in [3.63, 3.8) is 0 Å². The molecule has 1 saturated heterocycles. The average molecular weight is 356 g/mol. The number of morpholine rings is 1. The van der Waals surface area contributed by atoms with Gasteiger partial charge in [0.15, 0.2) is 17.6 Å². The summed E-state index contributed by atoms with van der Waals surface area (Å²) in [7, 11) is 0. The molecule has 1 aliphatic heterocycles. The Kier molecular flexibility index (Phi) is 8.41. The predicted molar refractivity (Wildman–Crippen MR) is 93.1 cm³/mol. The van der Waals surface area contributed by atoms with E-state index in [4.69, 9.17) is 9.47 Å². The van der Waals surface area contributed by atoms with Crippen molar-refractivity contribution >= 4 is 5.96 Å². The number of nitrogens with one attached hydrogen (secondary N) is 2. The molecule has 1 fully saturated rings. The molecule has 25 heavy (non-hydrogen) atoms. The largest absolute Gasteiger partial charge is 0.492 e. The quantitative estimate of drug-likeness (QED) is 0.417. The highest BCUT2D eigenvalue weighted by molar-refractivity contribution is 5.79. The first-order chi connectivity index (χ1) is 12.2. The Balaban J connectivity index is 1.68. The minimum Gasteiger partial charge on any atom is -0.492 e. The number of guanidine groups is 1. The van der Waals surface area contributed by atoms with E-state index >= 15 is 0 Å². The van der Waals surface area contributed by atoms with E-state index in [9.17, 15) is 8.78 Å². The van der Waals surface area contributed by atoms with E-state index in [1.165, 1.54) is 6.07 Å². The lowest BCUT2D eigenvalue weighted by Crippen LogP contribution is -2.41. The van der Waals surface area contributed by atoms with Crippen LogP contribution in [0.15, 0.2) is 23.2 Å². The summed E-state index contributed by atoms with van der Waals surface area (Å²) in [5.41, 5.74) is 0. The summed E-state index contributed by atoms with van der Waals surface area (Å²) >= 11 is 0. The zero-order valence-electron chi connectivity index (χ0n) is 14.6. The summed E-state index contributed by atoms with van der Waals surface area (Å²) in [6.07, 6.45) is 0. The van der Waals surface area contributed by atoms with Gasteiger partial charge in [0.05, 0.1) is 26.3 Å². The fourth-order valence-electron chi connectivity index (χ4n) is 2.37. The lowest BCUT2D eigenvalue weighted by molar-refractivity contribution is 0.0394. The first-order valence-electron chi connectivity index (χ1n) is 8.59. The minimum absolute atomic E-state index is 0.301. The number of halogens is 2. The second kappa shape index (κ2) is 10.8. The molecule has 1 aliphatic rings. The number of hydrogen-bond donors (Lipinski definition) is 2. The predicted octanol–water partition coefficient (Wildman–Crippen LogP) is 1.23. The fourth-order valence-corrected chi connectivity index (χ4v) is 2.37. The van der Waals surface area contributed by atoms with Crippen LogP contribution in [0.4, 0.5) is 8.78 Å². The van der Waals surface area contributed by atoms with Gasteiger partial charge in [-0.1, -0.05) is 0 Å². The summed E-state index contributed by atoms with van der Waals surface area (Å²) in [5.74, 6) is -0.782. The lowest BCUT2D eigenvalue weighted by atomic mass is 10.3. The Morgan fingerprint density at radius 3 is 2.76 bits per heavy atom. The second-order valence-electron chi connectivity index (χ2n) is 5.57. The van der Waals surface area contributed by atoms with E-state index < -0.39 is 11.6 Å². The number of nitrogens with zero attached hydrogens (tertiary/aromatic N) is 2. The Morgan fingerprint density at radius 1 is 1.24 bits per heavy atom. The molecule has 1 aromatic carbocycles. The maximum absolute atomic E-state index is 13.1. The molecule has 0 aliphatic carbocycles. The van der Waals surface area contributed by atoms with Crippen LogP contribution < -0.4 is 15.4 Å². The van der Waals surface area contributed by atoms with Gasteiger partial charge in [0, 0.05) is 32.2 Å². The van der Waals surface area contributed by atoms with Crippen LogP contribution in [0.1, 0.15) is 6.92 Å². The number of ether oxygens (including phenoxy) is 2. The summed E-state index contributed by atoms with van der Waals surface area (Å²) in [4.78, 5) is 6.85. The third-order valence-corrected chi connectivity index (χ3v) is 3.69. The molecule has 0 amide bonds. The van der Waals surface area contributed by atoms with Crippen molar-refractivity contribution in [1.29, 1.82) is 0 Å². The van der Waals surface area contributed by atoms with E-state index in [0.717, 1.165) is 51.5 Å². The van der Waals surface area contributed by atoms with Crippen molar-refractivity contribution < 1.29 is 18.3 Å². The van der Waals surface area contributed by atoms with Crippen molar-refractivity contribution in [3.8, 4) is 5.75 Å². The first kappa shape index (κ1) is 19.4. The van der Waals surface area contributed by atoms with E-state index in [-0.39, 0.29) is 0 Å². The van der Waals surface area contributed by atoms with Crippen LogP contribution in [0.3, 0.4) is 0 Å². The van der Waals surface area contributed by atoms with Crippen LogP contribution >= 0.6 is 0 Å². The molecular weight excluding hydrogens is 330 g/mol. The number of benzene rings is 1. The molecule has 0 saturated carbocycles. The molecule has 0 spiro atoms. The topological polar surface area (TPSA) is 58.1 Å². The Hall–Kier alpha value is -1.93. The van der Waals surface area contributed by atoms with Gasteiger partial charge in [-0.05, 0) is 19.1 Å². The monoisotopic (exact) mass is 356 g/mol. The zero-order valence-corrected chi connectivity index (χ0v) is 14.6. The molecule has 6 nitrogen and oxygen atoms in total. The molecule has 8 heteroatoms. The Labute approximate surface area is 147 Å². The first-order valence-corrected chi connectivity index (χ1v) is 8.59. The van der Waals surface area contributed by atoms with Crippen molar-refractivity contribution in [2.75, 3.05) is 59.1 Å². The van der Waals surface area contributed by atoms with Crippen LogP contribution in [-0.2, 0) is 4.74 Å². The third kappa shape index (κ3) is 7.23.